The van der Waals surface area contributed by atoms with Gasteiger partial charge in [0.1, 0.15) is 18.0 Å². The number of nitrogens with zero attached hydrogens (tertiary/aromatic N) is 2. The Bertz CT molecular complexity index is 1650. The number of para-hydroxylation sites is 2. The zero-order chi connectivity index (χ0) is 31.2. The van der Waals surface area contributed by atoms with Crippen LogP contribution >= 0.6 is 0 Å². The quantitative estimate of drug-likeness (QED) is 0.153. The van der Waals surface area contributed by atoms with Gasteiger partial charge >= 0.3 is 0 Å². The highest BCUT2D eigenvalue weighted by Gasteiger charge is 2.29. The van der Waals surface area contributed by atoms with Crippen molar-refractivity contribution in [3.05, 3.63) is 120 Å². The van der Waals surface area contributed by atoms with Gasteiger partial charge in [-0.25, -0.2) is 13.8 Å². The first-order valence-electron chi connectivity index (χ1n) is 14.0. The molecular weight excluding hydrogens is 580 g/mol. The summed E-state index contributed by atoms with van der Waals surface area (Å²) in [6.45, 7) is 1.98. The first kappa shape index (κ1) is 31.8. The number of anilines is 1. The number of hydrogen-bond donors (Lipinski definition) is 2. The van der Waals surface area contributed by atoms with Crippen LogP contribution < -0.4 is 24.5 Å². The van der Waals surface area contributed by atoms with E-state index in [1.807, 2.05) is 30.3 Å². The van der Waals surface area contributed by atoms with E-state index in [1.165, 1.54) is 18.3 Å². The molecule has 0 radical (unpaired) electrons. The Labute approximate surface area is 257 Å². The Morgan fingerprint density at radius 1 is 0.818 bits per heavy atom. The van der Waals surface area contributed by atoms with E-state index in [0.717, 1.165) is 16.3 Å². The summed E-state index contributed by atoms with van der Waals surface area (Å²) in [5.41, 5.74) is 4.42. The molecule has 0 aliphatic heterocycles. The number of sulfonamides is 1. The first-order chi connectivity index (χ1) is 21.4. The van der Waals surface area contributed by atoms with E-state index in [0.29, 0.717) is 30.2 Å². The topological polar surface area (TPSA) is 126 Å². The minimum Gasteiger partial charge on any atom is -0.492 e. The van der Waals surface area contributed by atoms with Crippen molar-refractivity contribution < 1.29 is 27.5 Å². The fraction of sp³-hybridized carbons (Fsp3) is 0.182. The van der Waals surface area contributed by atoms with Crippen LogP contribution in [0.1, 0.15) is 18.1 Å². The summed E-state index contributed by atoms with van der Waals surface area (Å²) in [6, 6.07) is 31.2. The largest absolute Gasteiger partial charge is 0.492 e. The fourth-order valence-corrected chi connectivity index (χ4v) is 5.60. The lowest BCUT2D eigenvalue weighted by molar-refractivity contribution is -0.123. The van der Waals surface area contributed by atoms with E-state index in [4.69, 9.17) is 9.47 Å². The van der Waals surface area contributed by atoms with Crippen LogP contribution in [0.2, 0.25) is 0 Å². The lowest BCUT2D eigenvalue weighted by Crippen LogP contribution is -2.39. The first-order valence-corrected chi connectivity index (χ1v) is 15.5. The van der Waals surface area contributed by atoms with Gasteiger partial charge in [-0.05, 0) is 73.0 Å². The third-order valence-corrected chi connectivity index (χ3v) is 8.06. The zero-order valence-corrected chi connectivity index (χ0v) is 25.1. The summed E-state index contributed by atoms with van der Waals surface area (Å²) < 4.78 is 39.3. The second-order valence-electron chi connectivity index (χ2n) is 9.46. The number of hydrogen-bond acceptors (Lipinski definition) is 7. The Morgan fingerprint density at radius 3 is 2.18 bits per heavy atom. The summed E-state index contributed by atoms with van der Waals surface area (Å²) in [4.78, 5) is 25.0. The SMILES string of the molecule is CCOc1ccccc1N(CC(=O)N/N=C\c1ccc(OCC(=O)NCCc2ccccc2)cc1)S(=O)(=O)c1ccccc1. The van der Waals surface area contributed by atoms with Crippen molar-refractivity contribution in [3.8, 4) is 11.5 Å². The average molecular weight is 615 g/mol. The normalized spacial score (nSPS) is 11.1. The Hall–Kier alpha value is -5.16. The molecule has 10 nitrogen and oxygen atoms in total. The van der Waals surface area contributed by atoms with Crippen LogP contribution in [0.5, 0.6) is 11.5 Å². The molecule has 0 aliphatic carbocycles. The molecule has 4 aromatic carbocycles. The van der Waals surface area contributed by atoms with E-state index < -0.39 is 22.5 Å². The molecule has 0 saturated carbocycles. The molecule has 0 bridgehead atoms. The third kappa shape index (κ3) is 9.17. The lowest BCUT2D eigenvalue weighted by atomic mass is 10.1. The molecule has 11 heteroatoms. The van der Waals surface area contributed by atoms with E-state index >= 15 is 0 Å². The fourth-order valence-electron chi connectivity index (χ4n) is 4.15. The van der Waals surface area contributed by atoms with Gasteiger partial charge in [0, 0.05) is 6.54 Å². The molecule has 0 spiro atoms. The van der Waals surface area contributed by atoms with E-state index in [2.05, 4.69) is 15.8 Å². The maximum atomic E-state index is 13.6. The van der Waals surface area contributed by atoms with Gasteiger partial charge in [-0.2, -0.15) is 5.10 Å². The number of rotatable bonds is 15. The summed E-state index contributed by atoms with van der Waals surface area (Å²) >= 11 is 0. The van der Waals surface area contributed by atoms with Crippen LogP contribution in [0.4, 0.5) is 5.69 Å². The van der Waals surface area contributed by atoms with Crippen molar-refractivity contribution in [1.82, 2.24) is 10.7 Å². The standard InChI is InChI=1S/C33H34N4O6S/c1-2-42-31-16-10-9-15-30(31)37(44(40,41)29-13-7-4-8-14-29)24-32(38)36-35-23-27-17-19-28(20-18-27)43-25-33(39)34-22-21-26-11-5-3-6-12-26/h3-20,23H,2,21-22,24-25H2,1H3,(H,34,39)(H,36,38)/b35-23-. The van der Waals surface area contributed by atoms with Crippen LogP contribution in [0.25, 0.3) is 0 Å². The monoisotopic (exact) mass is 614 g/mol. The number of carbonyl (C=O) groups is 2. The van der Waals surface area contributed by atoms with Crippen LogP contribution in [0.3, 0.4) is 0 Å². The summed E-state index contributed by atoms with van der Waals surface area (Å²) in [5.74, 6) is -0.0383. The highest BCUT2D eigenvalue weighted by atomic mass is 32.2. The molecule has 0 aliphatic rings. The molecule has 2 N–H and O–H groups in total. The Balaban J connectivity index is 1.32. The maximum Gasteiger partial charge on any atom is 0.264 e. The predicted molar refractivity (Wildman–Crippen MR) is 169 cm³/mol. The second-order valence-corrected chi connectivity index (χ2v) is 11.3. The molecule has 0 fully saturated rings. The highest BCUT2D eigenvalue weighted by Crippen LogP contribution is 2.32. The summed E-state index contributed by atoms with van der Waals surface area (Å²) in [5, 5.41) is 6.81. The molecule has 228 valence electrons. The van der Waals surface area contributed by atoms with Gasteiger partial charge in [-0.15, -0.1) is 0 Å². The van der Waals surface area contributed by atoms with Gasteiger partial charge < -0.3 is 14.8 Å². The van der Waals surface area contributed by atoms with Crippen LogP contribution in [-0.4, -0.2) is 52.8 Å². The van der Waals surface area contributed by atoms with Crippen molar-refractivity contribution in [2.24, 2.45) is 5.10 Å². The molecule has 4 rings (SSSR count). The number of amides is 2. The molecule has 2 amide bonds. The zero-order valence-electron chi connectivity index (χ0n) is 24.3. The second kappa shape index (κ2) is 15.9. The van der Waals surface area contributed by atoms with Gasteiger partial charge in [0.05, 0.1) is 23.4 Å². The molecule has 4 aromatic rings. The molecule has 0 unspecified atom stereocenters. The van der Waals surface area contributed by atoms with E-state index in [-0.39, 0.29) is 23.1 Å². The van der Waals surface area contributed by atoms with Crippen molar-refractivity contribution in [3.63, 3.8) is 0 Å². The van der Waals surface area contributed by atoms with Crippen molar-refractivity contribution in [1.29, 1.82) is 0 Å². The molecule has 0 atom stereocenters. The van der Waals surface area contributed by atoms with E-state index in [9.17, 15) is 18.0 Å². The van der Waals surface area contributed by atoms with Gasteiger partial charge in [-0.1, -0.05) is 60.7 Å². The number of carbonyl (C=O) groups excluding carboxylic acids is 2. The molecule has 0 aromatic heterocycles. The Kier molecular flexibility index (Phi) is 11.5. The number of benzene rings is 4. The highest BCUT2D eigenvalue weighted by molar-refractivity contribution is 7.92. The van der Waals surface area contributed by atoms with Gasteiger partial charge in [0.15, 0.2) is 6.61 Å². The number of hydrazone groups is 1. The van der Waals surface area contributed by atoms with Gasteiger partial charge in [0.25, 0.3) is 21.8 Å². The summed E-state index contributed by atoms with van der Waals surface area (Å²) in [7, 11) is -4.10. The van der Waals surface area contributed by atoms with Crippen LogP contribution in [-0.2, 0) is 26.0 Å². The van der Waals surface area contributed by atoms with Crippen molar-refractivity contribution >= 4 is 33.7 Å². The molecular formula is C33H34N4O6S. The minimum absolute atomic E-state index is 0.0366. The van der Waals surface area contributed by atoms with Crippen LogP contribution in [0.15, 0.2) is 119 Å². The molecule has 44 heavy (non-hydrogen) atoms. The molecule has 0 saturated heterocycles. The van der Waals surface area contributed by atoms with Gasteiger partial charge in [-0.3, -0.25) is 13.9 Å². The van der Waals surface area contributed by atoms with Gasteiger partial charge in [0.2, 0.25) is 0 Å². The smallest absolute Gasteiger partial charge is 0.264 e. The van der Waals surface area contributed by atoms with Crippen molar-refractivity contribution in [2.45, 2.75) is 18.2 Å². The third-order valence-electron chi connectivity index (χ3n) is 6.28. The predicted octanol–water partition coefficient (Wildman–Crippen LogP) is 4.17. The number of ether oxygens (including phenoxy) is 2. The van der Waals surface area contributed by atoms with E-state index in [1.54, 1.807) is 73.7 Å². The lowest BCUT2D eigenvalue weighted by Gasteiger charge is -2.25. The minimum atomic E-state index is -4.10. The van der Waals surface area contributed by atoms with Crippen molar-refractivity contribution in [2.75, 3.05) is 30.6 Å². The Morgan fingerprint density at radius 2 is 1.48 bits per heavy atom. The maximum absolute atomic E-state index is 13.6. The van der Waals surface area contributed by atoms with Crippen LogP contribution in [0, 0.1) is 0 Å². The average Bonchev–Trinajstić information content (AvgIpc) is 3.05. The molecule has 0 heterocycles. The number of nitrogens with one attached hydrogen (secondary N) is 2. The summed E-state index contributed by atoms with van der Waals surface area (Å²) in [6.07, 6.45) is 2.15.